The van der Waals surface area contributed by atoms with Crippen molar-refractivity contribution in [1.29, 1.82) is 0 Å². The minimum atomic E-state index is -0.279. The van der Waals surface area contributed by atoms with Gasteiger partial charge in [-0.1, -0.05) is 31.0 Å². The minimum Gasteiger partial charge on any atom is -0.337 e. The first-order valence-electron chi connectivity index (χ1n) is 9.81. The lowest BCUT2D eigenvalue weighted by Gasteiger charge is -2.34. The van der Waals surface area contributed by atoms with E-state index in [0.29, 0.717) is 25.6 Å². The summed E-state index contributed by atoms with van der Waals surface area (Å²) < 4.78 is 14.4. The summed E-state index contributed by atoms with van der Waals surface area (Å²) in [4.78, 5) is 18.8. The first-order valence-corrected chi connectivity index (χ1v) is 9.81. The van der Waals surface area contributed by atoms with Crippen molar-refractivity contribution in [2.75, 3.05) is 19.6 Å². The summed E-state index contributed by atoms with van der Waals surface area (Å²) in [5.74, 6) is 1.07. The number of hydrogen-bond donors (Lipinski definition) is 2. The molecule has 7 heteroatoms. The predicted octanol–water partition coefficient (Wildman–Crippen LogP) is 3.34. The molecular weight excluding hydrogens is 345 g/mol. The Balaban J connectivity index is 1.36. The Labute approximate surface area is 158 Å². The third-order valence-electron chi connectivity index (χ3n) is 6.19. The van der Waals surface area contributed by atoms with Crippen LogP contribution in [0.15, 0.2) is 30.6 Å². The Kier molecular flexibility index (Phi) is 5.09. The van der Waals surface area contributed by atoms with Crippen molar-refractivity contribution in [2.24, 2.45) is 0 Å². The number of nitrogens with one attached hydrogen (secondary N) is 2. The molecule has 2 aliphatic rings. The number of halogens is 1. The molecule has 1 aromatic heterocycles. The number of urea groups is 1. The van der Waals surface area contributed by atoms with Crippen LogP contribution in [0.1, 0.15) is 55.8 Å². The van der Waals surface area contributed by atoms with Crippen molar-refractivity contribution in [2.45, 2.75) is 49.9 Å². The Morgan fingerprint density at radius 1 is 1.26 bits per heavy atom. The SMILES string of the molecule is O=C(NCC1(c2ccccc2F)CCCC1)N1CCC(c2ncn[nH]2)CC1. The molecule has 1 aliphatic carbocycles. The van der Waals surface area contributed by atoms with Gasteiger partial charge in [-0.25, -0.2) is 14.2 Å². The number of likely N-dealkylation sites (tertiary alicyclic amines) is 1. The van der Waals surface area contributed by atoms with E-state index in [9.17, 15) is 9.18 Å². The lowest BCUT2D eigenvalue weighted by molar-refractivity contribution is 0.177. The van der Waals surface area contributed by atoms with Crippen LogP contribution in [0.5, 0.6) is 0 Å². The van der Waals surface area contributed by atoms with E-state index in [2.05, 4.69) is 20.5 Å². The zero-order valence-electron chi connectivity index (χ0n) is 15.5. The topological polar surface area (TPSA) is 73.9 Å². The Bertz CT molecular complexity index is 764. The maximum absolute atomic E-state index is 14.4. The van der Waals surface area contributed by atoms with Crippen molar-refractivity contribution in [3.8, 4) is 0 Å². The number of nitrogens with zero attached hydrogens (tertiary/aromatic N) is 3. The van der Waals surface area contributed by atoms with Gasteiger partial charge in [0.1, 0.15) is 18.0 Å². The monoisotopic (exact) mass is 371 g/mol. The van der Waals surface area contributed by atoms with Crippen LogP contribution in [0.3, 0.4) is 0 Å². The normalized spacial score (nSPS) is 20.0. The molecule has 0 atom stereocenters. The molecule has 1 saturated heterocycles. The van der Waals surface area contributed by atoms with Crippen LogP contribution in [0.25, 0.3) is 0 Å². The first kappa shape index (κ1) is 17.9. The molecule has 2 amide bonds. The summed E-state index contributed by atoms with van der Waals surface area (Å²) in [6, 6.07) is 6.95. The summed E-state index contributed by atoms with van der Waals surface area (Å²) in [5, 5.41) is 9.93. The van der Waals surface area contributed by atoms with Gasteiger partial charge in [0.25, 0.3) is 0 Å². The van der Waals surface area contributed by atoms with Gasteiger partial charge in [0.15, 0.2) is 0 Å². The van der Waals surface area contributed by atoms with E-state index >= 15 is 0 Å². The number of carbonyl (C=O) groups is 1. The van der Waals surface area contributed by atoms with Gasteiger partial charge in [-0.15, -0.1) is 0 Å². The van der Waals surface area contributed by atoms with Gasteiger partial charge in [-0.3, -0.25) is 5.10 Å². The van der Waals surface area contributed by atoms with E-state index < -0.39 is 0 Å². The van der Waals surface area contributed by atoms with Crippen LogP contribution in [0, 0.1) is 5.82 Å². The highest BCUT2D eigenvalue weighted by Gasteiger charge is 2.38. The fraction of sp³-hybridized carbons (Fsp3) is 0.550. The van der Waals surface area contributed by atoms with E-state index in [4.69, 9.17) is 0 Å². The van der Waals surface area contributed by atoms with E-state index in [1.54, 1.807) is 6.07 Å². The predicted molar refractivity (Wildman–Crippen MR) is 99.9 cm³/mol. The van der Waals surface area contributed by atoms with E-state index in [-0.39, 0.29) is 17.3 Å². The molecule has 144 valence electrons. The van der Waals surface area contributed by atoms with Crippen molar-refractivity contribution in [1.82, 2.24) is 25.4 Å². The third-order valence-corrected chi connectivity index (χ3v) is 6.19. The molecule has 27 heavy (non-hydrogen) atoms. The second-order valence-corrected chi connectivity index (χ2v) is 7.76. The third kappa shape index (κ3) is 3.68. The maximum atomic E-state index is 14.4. The van der Waals surface area contributed by atoms with Gasteiger partial charge in [-0.2, -0.15) is 5.10 Å². The summed E-state index contributed by atoms with van der Waals surface area (Å²) in [7, 11) is 0. The molecule has 1 aromatic carbocycles. The number of aromatic amines is 1. The highest BCUT2D eigenvalue weighted by molar-refractivity contribution is 5.74. The standard InChI is InChI=1S/C20H26FN5O/c21-17-6-2-1-5-16(17)20(9-3-4-10-20)13-22-19(27)26-11-7-15(8-12-26)18-23-14-24-25-18/h1-2,5-6,14-15H,3-4,7-13H2,(H,22,27)(H,23,24,25). The van der Waals surface area contributed by atoms with Gasteiger partial charge in [0.05, 0.1) is 0 Å². The molecule has 2 fully saturated rings. The van der Waals surface area contributed by atoms with Crippen molar-refractivity contribution >= 4 is 6.03 Å². The summed E-state index contributed by atoms with van der Waals surface area (Å²) in [6.45, 7) is 1.89. The molecule has 2 N–H and O–H groups in total. The second kappa shape index (κ2) is 7.66. The number of benzene rings is 1. The smallest absolute Gasteiger partial charge is 0.317 e. The van der Waals surface area contributed by atoms with E-state index in [1.807, 2.05) is 17.0 Å². The number of amides is 2. The van der Waals surface area contributed by atoms with Crippen LogP contribution in [0.4, 0.5) is 9.18 Å². The molecular formula is C20H26FN5O. The average molecular weight is 371 g/mol. The van der Waals surface area contributed by atoms with Crippen molar-refractivity contribution in [3.63, 3.8) is 0 Å². The Hall–Kier alpha value is -2.44. The molecule has 2 aromatic rings. The molecule has 2 heterocycles. The number of piperidine rings is 1. The molecule has 4 rings (SSSR count). The molecule has 0 radical (unpaired) electrons. The van der Waals surface area contributed by atoms with Crippen LogP contribution in [-0.4, -0.2) is 45.7 Å². The van der Waals surface area contributed by atoms with Gasteiger partial charge >= 0.3 is 6.03 Å². The van der Waals surface area contributed by atoms with Crippen LogP contribution >= 0.6 is 0 Å². The Morgan fingerprint density at radius 2 is 2.00 bits per heavy atom. The van der Waals surface area contributed by atoms with Gasteiger partial charge in [0, 0.05) is 31.0 Å². The average Bonchev–Trinajstić information content (AvgIpc) is 3.39. The summed E-state index contributed by atoms with van der Waals surface area (Å²) >= 11 is 0. The molecule has 0 spiro atoms. The molecule has 6 nitrogen and oxygen atoms in total. The summed E-state index contributed by atoms with van der Waals surface area (Å²) in [6.07, 6.45) is 7.27. The van der Waals surface area contributed by atoms with E-state index in [0.717, 1.165) is 49.9 Å². The summed E-state index contributed by atoms with van der Waals surface area (Å²) in [5.41, 5.74) is 0.464. The highest BCUT2D eigenvalue weighted by Crippen LogP contribution is 2.41. The van der Waals surface area contributed by atoms with Crippen LogP contribution in [0.2, 0.25) is 0 Å². The zero-order valence-corrected chi connectivity index (χ0v) is 15.5. The number of H-pyrrole nitrogens is 1. The number of rotatable bonds is 4. The van der Waals surface area contributed by atoms with Gasteiger partial charge in [-0.05, 0) is 37.3 Å². The molecule has 0 unspecified atom stereocenters. The largest absolute Gasteiger partial charge is 0.337 e. The van der Waals surface area contributed by atoms with Crippen LogP contribution < -0.4 is 5.32 Å². The molecule has 1 saturated carbocycles. The number of carbonyl (C=O) groups excluding carboxylic acids is 1. The Morgan fingerprint density at radius 3 is 2.67 bits per heavy atom. The van der Waals surface area contributed by atoms with Crippen molar-refractivity contribution in [3.05, 3.63) is 47.8 Å². The minimum absolute atomic E-state index is 0.0476. The van der Waals surface area contributed by atoms with E-state index in [1.165, 1.54) is 12.4 Å². The van der Waals surface area contributed by atoms with Gasteiger partial charge < -0.3 is 10.2 Å². The van der Waals surface area contributed by atoms with Crippen molar-refractivity contribution < 1.29 is 9.18 Å². The fourth-order valence-electron chi connectivity index (χ4n) is 4.61. The lowest BCUT2D eigenvalue weighted by Crippen LogP contribution is -2.48. The first-order chi connectivity index (χ1) is 13.2. The molecule has 1 aliphatic heterocycles. The maximum Gasteiger partial charge on any atom is 0.317 e. The zero-order chi connectivity index (χ0) is 18.7. The lowest BCUT2D eigenvalue weighted by atomic mass is 9.78. The second-order valence-electron chi connectivity index (χ2n) is 7.76. The van der Waals surface area contributed by atoms with Gasteiger partial charge in [0.2, 0.25) is 0 Å². The quantitative estimate of drug-likeness (QED) is 0.866. The number of hydrogen-bond acceptors (Lipinski definition) is 3. The molecule has 0 bridgehead atoms. The fourth-order valence-corrected chi connectivity index (χ4v) is 4.61. The van der Waals surface area contributed by atoms with Crippen LogP contribution in [-0.2, 0) is 5.41 Å². The number of aromatic nitrogens is 3. The highest BCUT2D eigenvalue weighted by atomic mass is 19.1.